The number of alkyl halides is 2. The minimum absolute atomic E-state index is 0.0554. The highest BCUT2D eigenvalue weighted by Gasteiger charge is 2.29. The zero-order valence-electron chi connectivity index (χ0n) is 18.3. The van der Waals surface area contributed by atoms with Gasteiger partial charge < -0.3 is 20.3 Å². The molecule has 0 saturated carbocycles. The number of piperidine rings is 1. The van der Waals surface area contributed by atoms with Crippen molar-refractivity contribution in [3.8, 4) is 5.75 Å². The lowest BCUT2D eigenvalue weighted by molar-refractivity contribution is -0.121. The number of rotatable bonds is 7. The van der Waals surface area contributed by atoms with Gasteiger partial charge in [-0.3, -0.25) is 9.59 Å². The number of nitrogens with one attached hydrogen (secondary N) is 2. The third kappa shape index (κ3) is 5.86. The molecule has 0 radical (unpaired) electrons. The second-order valence-corrected chi connectivity index (χ2v) is 7.84. The van der Waals surface area contributed by atoms with Crippen LogP contribution in [0.4, 0.5) is 26.0 Å². The summed E-state index contributed by atoms with van der Waals surface area (Å²) in [4.78, 5) is 31.6. The second-order valence-electron chi connectivity index (χ2n) is 7.84. The Bertz CT molecular complexity index is 1120. The van der Waals surface area contributed by atoms with Crippen molar-refractivity contribution in [3.63, 3.8) is 0 Å². The van der Waals surface area contributed by atoms with Gasteiger partial charge in [-0.05, 0) is 61.4 Å². The average Bonchev–Trinajstić information content (AvgIpc) is 2.85. The lowest BCUT2D eigenvalue weighted by atomic mass is 9.95. The first kappa shape index (κ1) is 23.2. The van der Waals surface area contributed by atoms with E-state index in [-0.39, 0.29) is 23.5 Å². The van der Waals surface area contributed by atoms with Crippen LogP contribution in [0.15, 0.2) is 72.9 Å². The van der Waals surface area contributed by atoms with E-state index in [9.17, 15) is 18.4 Å². The number of hydrogen-bond donors (Lipinski definition) is 2. The molecule has 2 N–H and O–H groups in total. The summed E-state index contributed by atoms with van der Waals surface area (Å²) in [5.74, 6) is 0.157. The number of aromatic nitrogens is 1. The highest BCUT2D eigenvalue weighted by atomic mass is 19.3. The van der Waals surface area contributed by atoms with Crippen molar-refractivity contribution < 1.29 is 23.1 Å². The summed E-state index contributed by atoms with van der Waals surface area (Å²) in [6.07, 6.45) is 2.74. The number of anilines is 3. The van der Waals surface area contributed by atoms with Gasteiger partial charge in [0.25, 0.3) is 5.91 Å². The van der Waals surface area contributed by atoms with E-state index in [4.69, 9.17) is 0 Å². The Balaban J connectivity index is 1.37. The number of halogens is 2. The Labute approximate surface area is 195 Å². The molecule has 0 aliphatic carbocycles. The van der Waals surface area contributed by atoms with Gasteiger partial charge in [0, 0.05) is 30.9 Å². The zero-order valence-corrected chi connectivity index (χ0v) is 18.3. The van der Waals surface area contributed by atoms with Crippen LogP contribution in [0, 0.1) is 5.92 Å². The molecule has 0 unspecified atom stereocenters. The zero-order chi connectivity index (χ0) is 23.9. The minimum atomic E-state index is -2.89. The van der Waals surface area contributed by atoms with Crippen molar-refractivity contribution in [2.45, 2.75) is 19.5 Å². The van der Waals surface area contributed by atoms with Crippen LogP contribution in [-0.4, -0.2) is 41.4 Å². The van der Waals surface area contributed by atoms with E-state index in [1.165, 1.54) is 12.1 Å². The van der Waals surface area contributed by atoms with Gasteiger partial charge >= 0.3 is 6.61 Å². The Morgan fingerprint density at radius 1 is 0.971 bits per heavy atom. The summed E-state index contributed by atoms with van der Waals surface area (Å²) < 4.78 is 29.1. The lowest BCUT2D eigenvalue weighted by Crippen LogP contribution is -2.41. The quantitative estimate of drug-likeness (QED) is 0.517. The molecule has 0 spiro atoms. The SMILES string of the molecule is O=C(Nc1ccccn1)C1CCN(C(=O)c2ccccc2Nc2ccc(OC(F)F)cc2)CC1. The summed E-state index contributed by atoms with van der Waals surface area (Å²) in [6, 6.07) is 18.5. The summed E-state index contributed by atoms with van der Waals surface area (Å²) in [6.45, 7) is -1.96. The van der Waals surface area contributed by atoms with E-state index < -0.39 is 6.61 Å². The average molecular weight is 466 g/mol. The van der Waals surface area contributed by atoms with E-state index in [0.29, 0.717) is 48.7 Å². The number of amides is 2. The van der Waals surface area contributed by atoms with Crippen molar-refractivity contribution in [3.05, 3.63) is 78.5 Å². The molecule has 2 amide bonds. The normalized spacial score (nSPS) is 14.0. The summed E-state index contributed by atoms with van der Waals surface area (Å²) in [5.41, 5.74) is 1.73. The second kappa shape index (κ2) is 10.7. The maximum atomic E-state index is 13.2. The number of pyridine rings is 1. The number of carbonyl (C=O) groups is 2. The van der Waals surface area contributed by atoms with Gasteiger partial charge in [0.15, 0.2) is 0 Å². The van der Waals surface area contributed by atoms with Crippen LogP contribution in [0.3, 0.4) is 0 Å². The van der Waals surface area contributed by atoms with Crippen LogP contribution in [0.2, 0.25) is 0 Å². The fourth-order valence-corrected chi connectivity index (χ4v) is 3.83. The number of nitrogens with zero attached hydrogens (tertiary/aromatic N) is 2. The topological polar surface area (TPSA) is 83.6 Å². The summed E-state index contributed by atoms with van der Waals surface area (Å²) in [5, 5.41) is 5.99. The van der Waals surface area contributed by atoms with Crippen LogP contribution in [0.1, 0.15) is 23.2 Å². The van der Waals surface area contributed by atoms with Gasteiger partial charge in [-0.15, -0.1) is 0 Å². The molecule has 176 valence electrons. The molecule has 3 aromatic rings. The number of ether oxygens (including phenoxy) is 1. The largest absolute Gasteiger partial charge is 0.435 e. The molecule has 9 heteroatoms. The van der Waals surface area contributed by atoms with Crippen molar-refractivity contribution in [2.24, 2.45) is 5.92 Å². The van der Waals surface area contributed by atoms with Crippen LogP contribution in [-0.2, 0) is 4.79 Å². The number of hydrogen-bond acceptors (Lipinski definition) is 5. The Morgan fingerprint density at radius 3 is 2.35 bits per heavy atom. The standard InChI is InChI=1S/C25H24F2N4O3/c26-25(27)34-19-10-8-18(9-11-19)29-21-6-2-1-5-20(21)24(33)31-15-12-17(13-16-31)23(32)30-22-7-3-4-14-28-22/h1-11,14,17,25,29H,12-13,15-16H2,(H,28,30,32). The van der Waals surface area contributed by atoms with Crippen LogP contribution >= 0.6 is 0 Å². The highest BCUT2D eigenvalue weighted by molar-refractivity contribution is 6.00. The van der Waals surface area contributed by atoms with E-state index in [1.54, 1.807) is 59.6 Å². The van der Waals surface area contributed by atoms with Gasteiger partial charge in [-0.2, -0.15) is 8.78 Å². The van der Waals surface area contributed by atoms with E-state index in [0.717, 1.165) is 0 Å². The fraction of sp³-hybridized carbons (Fsp3) is 0.240. The molecule has 2 heterocycles. The maximum Gasteiger partial charge on any atom is 0.387 e. The third-order valence-corrected chi connectivity index (χ3v) is 5.59. The summed E-state index contributed by atoms with van der Waals surface area (Å²) >= 11 is 0. The monoisotopic (exact) mass is 466 g/mol. The molecule has 1 aliphatic rings. The molecule has 1 aliphatic heterocycles. The first-order valence-electron chi connectivity index (χ1n) is 10.9. The molecule has 1 fully saturated rings. The number of benzene rings is 2. The number of likely N-dealkylation sites (tertiary alicyclic amines) is 1. The first-order chi connectivity index (χ1) is 16.5. The van der Waals surface area contributed by atoms with Crippen LogP contribution < -0.4 is 15.4 Å². The lowest BCUT2D eigenvalue weighted by Gasteiger charge is -2.31. The Morgan fingerprint density at radius 2 is 1.68 bits per heavy atom. The molecule has 34 heavy (non-hydrogen) atoms. The van der Waals surface area contributed by atoms with E-state index in [1.807, 2.05) is 6.07 Å². The maximum absolute atomic E-state index is 13.2. The molecule has 0 atom stereocenters. The number of para-hydroxylation sites is 1. The molecule has 7 nitrogen and oxygen atoms in total. The van der Waals surface area contributed by atoms with Gasteiger partial charge in [0.1, 0.15) is 11.6 Å². The number of carbonyl (C=O) groups excluding carboxylic acids is 2. The van der Waals surface area contributed by atoms with Gasteiger partial charge in [-0.25, -0.2) is 4.98 Å². The van der Waals surface area contributed by atoms with Gasteiger partial charge in [0.05, 0.1) is 11.3 Å². The smallest absolute Gasteiger partial charge is 0.387 e. The molecule has 2 aromatic carbocycles. The fourth-order valence-electron chi connectivity index (χ4n) is 3.83. The van der Waals surface area contributed by atoms with Crippen molar-refractivity contribution in [1.29, 1.82) is 0 Å². The van der Waals surface area contributed by atoms with Crippen molar-refractivity contribution in [2.75, 3.05) is 23.7 Å². The first-order valence-corrected chi connectivity index (χ1v) is 10.9. The molecular weight excluding hydrogens is 442 g/mol. The van der Waals surface area contributed by atoms with Gasteiger partial charge in [0.2, 0.25) is 5.91 Å². The molecule has 4 rings (SSSR count). The Hall–Kier alpha value is -4.01. The van der Waals surface area contributed by atoms with E-state index >= 15 is 0 Å². The Kier molecular flexibility index (Phi) is 7.31. The molecule has 1 aromatic heterocycles. The van der Waals surface area contributed by atoms with Crippen LogP contribution in [0.5, 0.6) is 5.75 Å². The third-order valence-electron chi connectivity index (χ3n) is 5.59. The van der Waals surface area contributed by atoms with E-state index in [2.05, 4.69) is 20.4 Å². The molecule has 0 bridgehead atoms. The summed E-state index contributed by atoms with van der Waals surface area (Å²) in [7, 11) is 0. The minimum Gasteiger partial charge on any atom is -0.435 e. The highest BCUT2D eigenvalue weighted by Crippen LogP contribution is 2.26. The predicted octanol–water partition coefficient (Wildman–Crippen LogP) is 4.92. The molecule has 1 saturated heterocycles. The van der Waals surface area contributed by atoms with Crippen molar-refractivity contribution in [1.82, 2.24) is 9.88 Å². The molecular formula is C25H24F2N4O3. The van der Waals surface area contributed by atoms with Crippen LogP contribution in [0.25, 0.3) is 0 Å². The van der Waals surface area contributed by atoms with Crippen molar-refractivity contribution >= 4 is 29.0 Å². The predicted molar refractivity (Wildman–Crippen MR) is 124 cm³/mol. The van der Waals surface area contributed by atoms with Gasteiger partial charge in [-0.1, -0.05) is 18.2 Å².